The molecule has 0 bridgehead atoms. The quantitative estimate of drug-likeness (QED) is 0.761. The second kappa shape index (κ2) is 3.50. The maximum Gasteiger partial charge on any atom is 0.0947 e. The molecular weight excluding hydrogens is 162 g/mol. The van der Waals surface area contributed by atoms with E-state index in [0.717, 1.165) is 5.92 Å². The van der Waals surface area contributed by atoms with E-state index >= 15 is 0 Å². The molecule has 1 N–H and O–H groups in total. The molecule has 1 aliphatic rings. The minimum absolute atomic E-state index is 0.468. The molecule has 13 heavy (non-hydrogen) atoms. The maximum absolute atomic E-state index is 4.39. The van der Waals surface area contributed by atoms with Crippen molar-refractivity contribution in [1.82, 2.24) is 14.9 Å². The van der Waals surface area contributed by atoms with Crippen molar-refractivity contribution in [3.05, 3.63) is 18.2 Å². The van der Waals surface area contributed by atoms with Crippen LogP contribution >= 0.6 is 0 Å². The van der Waals surface area contributed by atoms with Crippen LogP contribution in [0.3, 0.4) is 0 Å². The van der Waals surface area contributed by atoms with Crippen LogP contribution in [0.5, 0.6) is 0 Å². The smallest absolute Gasteiger partial charge is 0.0947 e. The number of aryl methyl sites for hydroxylation is 1. The fourth-order valence-corrected chi connectivity index (χ4v) is 1.99. The molecule has 2 rings (SSSR count). The van der Waals surface area contributed by atoms with Crippen LogP contribution in [0.2, 0.25) is 0 Å². The Hall–Kier alpha value is -0.830. The van der Waals surface area contributed by atoms with Gasteiger partial charge in [0.15, 0.2) is 0 Å². The van der Waals surface area contributed by atoms with Gasteiger partial charge in [0, 0.05) is 13.2 Å². The van der Waals surface area contributed by atoms with Gasteiger partial charge in [-0.2, -0.15) is 0 Å². The molecule has 0 saturated heterocycles. The monoisotopic (exact) mass is 179 g/mol. The summed E-state index contributed by atoms with van der Waals surface area (Å²) in [5.74, 6) is 0.805. The molecule has 3 heteroatoms. The standard InChI is InChI=1S/C10H17N3/c1-11-10(8-4-3-5-8)9-6-13(2)7-12-9/h6-8,10-11H,3-5H2,1-2H3. The van der Waals surface area contributed by atoms with E-state index < -0.39 is 0 Å². The van der Waals surface area contributed by atoms with Gasteiger partial charge < -0.3 is 9.88 Å². The highest BCUT2D eigenvalue weighted by atomic mass is 15.0. The van der Waals surface area contributed by atoms with E-state index in [4.69, 9.17) is 0 Å². The van der Waals surface area contributed by atoms with Gasteiger partial charge in [-0.05, 0) is 25.8 Å². The Labute approximate surface area is 79.2 Å². The summed E-state index contributed by atoms with van der Waals surface area (Å²) in [5.41, 5.74) is 1.19. The van der Waals surface area contributed by atoms with Crippen molar-refractivity contribution in [2.24, 2.45) is 13.0 Å². The molecule has 0 radical (unpaired) electrons. The molecule has 3 nitrogen and oxygen atoms in total. The molecule has 0 amide bonds. The third-order valence-electron chi connectivity index (χ3n) is 2.98. The zero-order valence-corrected chi connectivity index (χ0v) is 8.33. The van der Waals surface area contributed by atoms with E-state index in [9.17, 15) is 0 Å². The summed E-state index contributed by atoms with van der Waals surface area (Å²) in [6.45, 7) is 0. The number of nitrogens with zero attached hydrogens (tertiary/aromatic N) is 2. The summed E-state index contributed by atoms with van der Waals surface area (Å²) in [6.07, 6.45) is 8.07. The van der Waals surface area contributed by atoms with Gasteiger partial charge in [-0.3, -0.25) is 0 Å². The lowest BCUT2D eigenvalue weighted by molar-refractivity contribution is 0.236. The van der Waals surface area contributed by atoms with Crippen LogP contribution in [0.25, 0.3) is 0 Å². The van der Waals surface area contributed by atoms with Crippen molar-refractivity contribution in [3.8, 4) is 0 Å². The maximum atomic E-state index is 4.39. The van der Waals surface area contributed by atoms with Crippen LogP contribution in [0.1, 0.15) is 31.0 Å². The molecule has 1 fully saturated rings. The normalized spacial score (nSPS) is 19.8. The molecule has 1 saturated carbocycles. The molecule has 1 aromatic heterocycles. The molecule has 72 valence electrons. The van der Waals surface area contributed by atoms with Crippen molar-refractivity contribution in [3.63, 3.8) is 0 Å². The van der Waals surface area contributed by atoms with Gasteiger partial charge in [0.2, 0.25) is 0 Å². The number of hydrogen-bond donors (Lipinski definition) is 1. The summed E-state index contributed by atoms with van der Waals surface area (Å²) < 4.78 is 2.01. The van der Waals surface area contributed by atoms with Gasteiger partial charge in [0.25, 0.3) is 0 Å². The fraction of sp³-hybridized carbons (Fsp3) is 0.700. The minimum Gasteiger partial charge on any atom is -0.340 e. The van der Waals surface area contributed by atoms with Crippen LogP contribution in [0.4, 0.5) is 0 Å². The van der Waals surface area contributed by atoms with Gasteiger partial charge in [0.05, 0.1) is 18.1 Å². The van der Waals surface area contributed by atoms with Crippen LogP contribution in [-0.4, -0.2) is 16.6 Å². The Morgan fingerprint density at radius 1 is 1.62 bits per heavy atom. The Morgan fingerprint density at radius 2 is 2.38 bits per heavy atom. The van der Waals surface area contributed by atoms with Gasteiger partial charge >= 0.3 is 0 Å². The second-order valence-corrected chi connectivity index (χ2v) is 3.92. The van der Waals surface area contributed by atoms with Gasteiger partial charge in [0.1, 0.15) is 0 Å². The average Bonchev–Trinajstić information content (AvgIpc) is 2.43. The Bertz CT molecular complexity index is 275. The van der Waals surface area contributed by atoms with Crippen molar-refractivity contribution in [2.75, 3.05) is 7.05 Å². The number of imidazole rings is 1. The van der Waals surface area contributed by atoms with Crippen LogP contribution in [0.15, 0.2) is 12.5 Å². The predicted octanol–water partition coefficient (Wildman–Crippen LogP) is 1.48. The highest BCUT2D eigenvalue weighted by Gasteiger charge is 2.28. The van der Waals surface area contributed by atoms with E-state index in [2.05, 4.69) is 16.5 Å². The Balaban J connectivity index is 2.11. The first-order valence-electron chi connectivity index (χ1n) is 4.96. The highest BCUT2D eigenvalue weighted by molar-refractivity contribution is 5.06. The van der Waals surface area contributed by atoms with E-state index in [1.54, 1.807) is 0 Å². The number of nitrogens with one attached hydrogen (secondary N) is 1. The van der Waals surface area contributed by atoms with Crippen molar-refractivity contribution < 1.29 is 0 Å². The Morgan fingerprint density at radius 3 is 2.77 bits per heavy atom. The number of hydrogen-bond acceptors (Lipinski definition) is 2. The molecule has 0 spiro atoms. The van der Waals surface area contributed by atoms with Crippen LogP contribution < -0.4 is 5.32 Å². The lowest BCUT2D eigenvalue weighted by atomic mass is 9.79. The summed E-state index contributed by atoms with van der Waals surface area (Å²) in [7, 11) is 4.04. The van der Waals surface area contributed by atoms with Gasteiger partial charge in [-0.1, -0.05) is 6.42 Å². The third-order valence-corrected chi connectivity index (χ3v) is 2.98. The second-order valence-electron chi connectivity index (χ2n) is 3.92. The van der Waals surface area contributed by atoms with Crippen molar-refractivity contribution in [2.45, 2.75) is 25.3 Å². The van der Waals surface area contributed by atoms with Crippen molar-refractivity contribution >= 4 is 0 Å². The predicted molar refractivity (Wildman–Crippen MR) is 52.3 cm³/mol. The summed E-state index contributed by atoms with van der Waals surface area (Å²) >= 11 is 0. The van der Waals surface area contributed by atoms with Crippen molar-refractivity contribution in [1.29, 1.82) is 0 Å². The summed E-state index contributed by atoms with van der Waals surface area (Å²) in [5, 5.41) is 3.36. The zero-order chi connectivity index (χ0) is 9.26. The first kappa shape index (κ1) is 8.75. The molecule has 0 aromatic carbocycles. The highest BCUT2D eigenvalue weighted by Crippen LogP contribution is 2.36. The van der Waals surface area contributed by atoms with Crippen LogP contribution in [0, 0.1) is 5.92 Å². The molecule has 1 aromatic rings. The average molecular weight is 179 g/mol. The first-order chi connectivity index (χ1) is 6.31. The zero-order valence-electron chi connectivity index (χ0n) is 8.33. The van der Waals surface area contributed by atoms with E-state index in [0.29, 0.717) is 6.04 Å². The van der Waals surface area contributed by atoms with E-state index in [1.807, 2.05) is 25.0 Å². The van der Waals surface area contributed by atoms with Crippen LogP contribution in [-0.2, 0) is 7.05 Å². The largest absolute Gasteiger partial charge is 0.340 e. The lowest BCUT2D eigenvalue weighted by Gasteiger charge is -2.32. The van der Waals surface area contributed by atoms with E-state index in [1.165, 1.54) is 25.0 Å². The molecule has 0 aliphatic heterocycles. The fourth-order valence-electron chi connectivity index (χ4n) is 1.99. The molecule has 1 aliphatic carbocycles. The number of rotatable bonds is 3. The van der Waals surface area contributed by atoms with E-state index in [-0.39, 0.29) is 0 Å². The number of aromatic nitrogens is 2. The lowest BCUT2D eigenvalue weighted by Crippen LogP contribution is -2.30. The summed E-state index contributed by atoms with van der Waals surface area (Å²) in [6, 6.07) is 0.468. The topological polar surface area (TPSA) is 29.9 Å². The summed E-state index contributed by atoms with van der Waals surface area (Å²) in [4.78, 5) is 4.39. The molecule has 1 unspecified atom stereocenters. The molecule has 1 heterocycles. The van der Waals surface area contributed by atoms with Gasteiger partial charge in [-0.25, -0.2) is 4.98 Å². The minimum atomic E-state index is 0.468. The van der Waals surface area contributed by atoms with Gasteiger partial charge in [-0.15, -0.1) is 0 Å². The third kappa shape index (κ3) is 1.61. The molecular formula is C10H17N3. The Kier molecular flexibility index (Phi) is 2.36. The SMILES string of the molecule is CNC(c1cn(C)cn1)C1CCC1. The molecule has 1 atom stereocenters. The first-order valence-corrected chi connectivity index (χ1v) is 4.96.